The van der Waals surface area contributed by atoms with Crippen LogP contribution in [0.1, 0.15) is 21.5 Å². The van der Waals surface area contributed by atoms with Crippen molar-refractivity contribution in [3.8, 4) is 0 Å². The van der Waals surface area contributed by atoms with Gasteiger partial charge in [-0.3, -0.25) is 9.10 Å². The van der Waals surface area contributed by atoms with Crippen molar-refractivity contribution in [1.82, 2.24) is 5.32 Å². The summed E-state index contributed by atoms with van der Waals surface area (Å²) in [5.41, 5.74) is 2.52. The van der Waals surface area contributed by atoms with Crippen LogP contribution in [0, 0.1) is 0 Å². The molecule has 0 aliphatic rings. The molecule has 1 N–H and O–H groups in total. The molecule has 0 atom stereocenters. The predicted molar refractivity (Wildman–Crippen MR) is 139 cm³/mol. The number of anilines is 1. The molecule has 0 spiro atoms. The maximum Gasteiger partial charge on any atom is 0.251 e. The number of carbonyl (C=O) groups excluding carboxylic acids is 1. The second-order valence-electron chi connectivity index (χ2n) is 7.86. The van der Waals surface area contributed by atoms with E-state index < -0.39 is 10.0 Å². The minimum atomic E-state index is -3.63. The lowest BCUT2D eigenvalue weighted by Crippen LogP contribution is -2.29. The predicted octanol–water partition coefficient (Wildman–Crippen LogP) is 6.04. The van der Waals surface area contributed by atoms with Crippen molar-refractivity contribution in [2.24, 2.45) is 0 Å². The molecule has 4 aromatic rings. The zero-order valence-electron chi connectivity index (χ0n) is 18.3. The lowest BCUT2D eigenvalue weighted by molar-refractivity contribution is 0.0951. The average Bonchev–Trinajstić information content (AvgIpc) is 2.82. The molecule has 174 valence electrons. The van der Waals surface area contributed by atoms with Crippen LogP contribution in [0.3, 0.4) is 0 Å². The molecule has 4 aromatic carbocycles. The molecule has 0 unspecified atom stereocenters. The highest BCUT2D eigenvalue weighted by Crippen LogP contribution is 2.34. The lowest BCUT2D eigenvalue weighted by Gasteiger charge is -2.24. The molecular weight excluding hydrogens is 491 g/mol. The van der Waals surface area contributed by atoms with Gasteiger partial charge in [-0.2, -0.15) is 0 Å². The van der Waals surface area contributed by atoms with E-state index in [9.17, 15) is 13.2 Å². The van der Waals surface area contributed by atoms with E-state index in [0.717, 1.165) is 22.6 Å². The molecule has 0 heterocycles. The van der Waals surface area contributed by atoms with E-state index in [1.807, 2.05) is 42.5 Å². The Morgan fingerprint density at radius 1 is 0.882 bits per heavy atom. The second kappa shape index (κ2) is 10.1. The summed E-state index contributed by atoms with van der Waals surface area (Å²) in [7, 11) is -3.63. The van der Waals surface area contributed by atoms with Crippen molar-refractivity contribution in [2.45, 2.75) is 13.1 Å². The van der Waals surface area contributed by atoms with E-state index in [2.05, 4.69) is 5.32 Å². The number of rotatable bonds is 7. The number of fused-ring (bicyclic) bond motifs is 1. The van der Waals surface area contributed by atoms with Gasteiger partial charge >= 0.3 is 0 Å². The van der Waals surface area contributed by atoms with Crippen LogP contribution >= 0.6 is 23.2 Å². The Kier molecular flexibility index (Phi) is 7.12. The minimum absolute atomic E-state index is 0.0524. The lowest BCUT2D eigenvalue weighted by atomic mass is 10.0. The Morgan fingerprint density at radius 3 is 2.29 bits per heavy atom. The zero-order chi connectivity index (χ0) is 24.3. The van der Waals surface area contributed by atoms with Crippen molar-refractivity contribution in [3.05, 3.63) is 112 Å². The van der Waals surface area contributed by atoms with E-state index in [4.69, 9.17) is 23.2 Å². The SMILES string of the molecule is CS(=O)(=O)N(Cc1ccc(C(=O)NCc2cccc3ccccc23)cc1)c1cccc(Cl)c1Cl. The van der Waals surface area contributed by atoms with Crippen molar-refractivity contribution in [1.29, 1.82) is 0 Å². The van der Waals surface area contributed by atoms with Crippen LogP contribution < -0.4 is 9.62 Å². The fourth-order valence-corrected chi connectivity index (χ4v) is 5.06. The summed E-state index contributed by atoms with van der Waals surface area (Å²) in [5.74, 6) is -0.211. The number of nitrogens with zero attached hydrogens (tertiary/aromatic N) is 1. The van der Waals surface area contributed by atoms with Gasteiger partial charge in [-0.25, -0.2) is 8.42 Å². The summed E-state index contributed by atoms with van der Waals surface area (Å²) in [6.45, 7) is 0.452. The Bertz CT molecular complexity index is 1450. The molecule has 0 saturated heterocycles. The third kappa shape index (κ3) is 5.36. The highest BCUT2D eigenvalue weighted by atomic mass is 35.5. The molecule has 0 radical (unpaired) electrons. The number of carbonyl (C=O) groups is 1. The summed E-state index contributed by atoms with van der Waals surface area (Å²) >= 11 is 12.3. The molecule has 0 fully saturated rings. The maximum atomic E-state index is 12.7. The highest BCUT2D eigenvalue weighted by molar-refractivity contribution is 7.92. The molecule has 0 aliphatic heterocycles. The van der Waals surface area contributed by atoms with Gasteiger partial charge in [0.1, 0.15) is 0 Å². The molecule has 8 heteroatoms. The number of hydrogen-bond donors (Lipinski definition) is 1. The number of amides is 1. The van der Waals surface area contributed by atoms with Gasteiger partial charge in [0.2, 0.25) is 10.0 Å². The highest BCUT2D eigenvalue weighted by Gasteiger charge is 2.21. The molecule has 34 heavy (non-hydrogen) atoms. The fourth-order valence-electron chi connectivity index (χ4n) is 3.72. The second-order valence-corrected chi connectivity index (χ2v) is 10.6. The van der Waals surface area contributed by atoms with Gasteiger partial charge in [0.15, 0.2) is 0 Å². The first-order valence-electron chi connectivity index (χ1n) is 10.5. The van der Waals surface area contributed by atoms with Crippen molar-refractivity contribution in [2.75, 3.05) is 10.6 Å². The normalized spacial score (nSPS) is 11.4. The summed E-state index contributed by atoms with van der Waals surface area (Å²) in [6, 6.07) is 25.7. The molecule has 0 bridgehead atoms. The Morgan fingerprint density at radius 2 is 1.56 bits per heavy atom. The van der Waals surface area contributed by atoms with Crippen LogP contribution in [0.2, 0.25) is 10.0 Å². The monoisotopic (exact) mass is 512 g/mol. The van der Waals surface area contributed by atoms with Gasteiger partial charge in [-0.1, -0.05) is 83.9 Å². The molecule has 4 rings (SSSR count). The van der Waals surface area contributed by atoms with Gasteiger partial charge < -0.3 is 5.32 Å². The van der Waals surface area contributed by atoms with E-state index in [1.54, 1.807) is 42.5 Å². The van der Waals surface area contributed by atoms with E-state index in [1.165, 1.54) is 4.31 Å². The number of nitrogens with one attached hydrogen (secondary N) is 1. The smallest absolute Gasteiger partial charge is 0.251 e. The number of benzene rings is 4. The molecule has 1 amide bonds. The first-order chi connectivity index (χ1) is 16.2. The van der Waals surface area contributed by atoms with Crippen LogP contribution in [0.4, 0.5) is 5.69 Å². The zero-order valence-corrected chi connectivity index (χ0v) is 20.7. The largest absolute Gasteiger partial charge is 0.348 e. The third-order valence-corrected chi connectivity index (χ3v) is 7.40. The van der Waals surface area contributed by atoms with Crippen LogP contribution in [-0.4, -0.2) is 20.6 Å². The first-order valence-corrected chi connectivity index (χ1v) is 13.1. The van der Waals surface area contributed by atoms with Crippen LogP contribution in [0.5, 0.6) is 0 Å². The summed E-state index contributed by atoms with van der Waals surface area (Å²) in [6.07, 6.45) is 1.11. The first kappa shape index (κ1) is 24.1. The summed E-state index contributed by atoms with van der Waals surface area (Å²) in [5, 5.41) is 5.61. The minimum Gasteiger partial charge on any atom is -0.348 e. The van der Waals surface area contributed by atoms with Gasteiger partial charge in [-0.05, 0) is 46.2 Å². The van der Waals surface area contributed by atoms with Gasteiger partial charge in [0, 0.05) is 12.1 Å². The number of sulfonamides is 1. The molecular formula is C26H22Cl2N2O3S. The topological polar surface area (TPSA) is 66.5 Å². The molecule has 0 aliphatic carbocycles. The van der Waals surface area contributed by atoms with Crippen molar-refractivity contribution < 1.29 is 13.2 Å². The fraction of sp³-hybridized carbons (Fsp3) is 0.115. The average molecular weight is 513 g/mol. The van der Waals surface area contributed by atoms with E-state index >= 15 is 0 Å². The van der Waals surface area contributed by atoms with Crippen molar-refractivity contribution in [3.63, 3.8) is 0 Å². The number of hydrogen-bond acceptors (Lipinski definition) is 3. The van der Waals surface area contributed by atoms with Crippen LogP contribution in [0.25, 0.3) is 10.8 Å². The standard InChI is InChI=1S/C26H22Cl2N2O3S/c1-34(32,33)30(24-11-5-10-23(27)25(24)28)17-18-12-14-20(15-13-18)26(31)29-16-21-8-4-7-19-6-2-3-9-22(19)21/h2-15H,16-17H2,1H3,(H,29,31). The Balaban J connectivity index is 1.48. The molecule has 0 aromatic heterocycles. The van der Waals surface area contributed by atoms with E-state index in [0.29, 0.717) is 23.4 Å². The van der Waals surface area contributed by atoms with Gasteiger partial charge in [-0.15, -0.1) is 0 Å². The third-order valence-electron chi connectivity index (χ3n) is 5.46. The maximum absolute atomic E-state index is 12.7. The van der Waals surface area contributed by atoms with Crippen LogP contribution in [-0.2, 0) is 23.1 Å². The Labute approximate surface area is 209 Å². The van der Waals surface area contributed by atoms with Crippen molar-refractivity contribution >= 4 is 55.6 Å². The van der Waals surface area contributed by atoms with Gasteiger partial charge in [0.05, 0.1) is 28.5 Å². The van der Waals surface area contributed by atoms with Gasteiger partial charge in [0.25, 0.3) is 5.91 Å². The molecule has 0 saturated carbocycles. The Hall–Kier alpha value is -3.06. The summed E-state index contributed by atoms with van der Waals surface area (Å²) in [4.78, 5) is 12.7. The number of halogens is 2. The quantitative estimate of drug-likeness (QED) is 0.328. The summed E-state index contributed by atoms with van der Waals surface area (Å²) < 4.78 is 26.1. The van der Waals surface area contributed by atoms with Crippen LogP contribution in [0.15, 0.2) is 84.9 Å². The molecule has 5 nitrogen and oxygen atoms in total. The van der Waals surface area contributed by atoms with E-state index in [-0.39, 0.29) is 22.5 Å².